The Hall–Kier alpha value is -2.08. The highest BCUT2D eigenvalue weighted by atomic mass is 16.5. The van der Waals surface area contributed by atoms with Gasteiger partial charge in [0.05, 0.1) is 7.11 Å². The molecule has 0 saturated carbocycles. The highest BCUT2D eigenvalue weighted by Gasteiger charge is 2.19. The van der Waals surface area contributed by atoms with E-state index >= 15 is 0 Å². The fraction of sp³-hybridized carbons (Fsp3) is 0.556. The molecule has 1 aromatic rings. The van der Waals surface area contributed by atoms with E-state index in [0.29, 0.717) is 12.8 Å². The normalized spacial score (nSPS) is 15.4. The number of anilines is 1. The van der Waals surface area contributed by atoms with Gasteiger partial charge in [0.2, 0.25) is 11.8 Å². The molecule has 1 heterocycles. The number of methoxy groups -OCH3 is 1. The van der Waals surface area contributed by atoms with Gasteiger partial charge in [-0.2, -0.15) is 0 Å². The van der Waals surface area contributed by atoms with Crippen LogP contribution in [-0.2, 0) is 9.59 Å². The maximum Gasteiger partial charge on any atom is 0.225 e. The number of amides is 2. The van der Waals surface area contributed by atoms with Gasteiger partial charge in [-0.25, -0.2) is 0 Å². The third kappa shape index (κ3) is 5.85. The molecule has 1 saturated heterocycles. The lowest BCUT2D eigenvalue weighted by atomic mass is 10.2. The van der Waals surface area contributed by atoms with Gasteiger partial charge < -0.3 is 20.3 Å². The molecule has 0 unspecified atom stereocenters. The molecule has 0 radical (unpaired) electrons. The first-order chi connectivity index (χ1) is 11.6. The minimum atomic E-state index is -0.0186. The predicted octanol–water partition coefficient (Wildman–Crippen LogP) is 2.01. The molecule has 0 spiro atoms. The van der Waals surface area contributed by atoms with Crippen LogP contribution < -0.4 is 15.4 Å². The molecule has 2 rings (SSSR count). The summed E-state index contributed by atoms with van der Waals surface area (Å²) in [5.74, 6) is 1.01. The monoisotopic (exact) mass is 333 g/mol. The average molecular weight is 333 g/mol. The van der Waals surface area contributed by atoms with Crippen LogP contribution >= 0.6 is 0 Å². The largest absolute Gasteiger partial charge is 0.497 e. The number of hydrogen-bond donors (Lipinski definition) is 2. The van der Waals surface area contributed by atoms with Gasteiger partial charge in [-0.3, -0.25) is 9.59 Å². The molecule has 132 valence electrons. The van der Waals surface area contributed by atoms with E-state index in [4.69, 9.17) is 4.74 Å². The first-order valence-corrected chi connectivity index (χ1v) is 8.53. The first kappa shape index (κ1) is 18.3. The summed E-state index contributed by atoms with van der Waals surface area (Å²) in [7, 11) is 1.61. The topological polar surface area (TPSA) is 70.7 Å². The number of benzene rings is 1. The van der Waals surface area contributed by atoms with E-state index in [9.17, 15) is 9.59 Å². The minimum absolute atomic E-state index is 0.0186. The molecule has 2 N–H and O–H groups in total. The smallest absolute Gasteiger partial charge is 0.225 e. The van der Waals surface area contributed by atoms with Gasteiger partial charge in [0.25, 0.3) is 0 Å². The van der Waals surface area contributed by atoms with E-state index in [0.717, 1.165) is 43.9 Å². The van der Waals surface area contributed by atoms with E-state index in [1.165, 1.54) is 0 Å². The lowest BCUT2D eigenvalue weighted by molar-refractivity contribution is -0.127. The Balaban J connectivity index is 1.61. The fourth-order valence-corrected chi connectivity index (χ4v) is 2.80. The maximum absolute atomic E-state index is 12.0. The first-order valence-electron chi connectivity index (χ1n) is 8.53. The third-order valence-corrected chi connectivity index (χ3v) is 4.13. The molecule has 0 aliphatic carbocycles. The molecule has 1 aliphatic rings. The summed E-state index contributed by atoms with van der Waals surface area (Å²) >= 11 is 0. The van der Waals surface area contributed by atoms with Gasteiger partial charge in [-0.1, -0.05) is 0 Å². The van der Waals surface area contributed by atoms with Crippen LogP contribution in [0.3, 0.4) is 0 Å². The maximum atomic E-state index is 12.0. The number of carbonyl (C=O) groups excluding carboxylic acids is 2. The van der Waals surface area contributed by atoms with Crippen LogP contribution in [0.15, 0.2) is 24.3 Å². The van der Waals surface area contributed by atoms with Gasteiger partial charge in [-0.15, -0.1) is 0 Å². The van der Waals surface area contributed by atoms with E-state index in [1.807, 2.05) is 36.1 Å². The van der Waals surface area contributed by atoms with Crippen LogP contribution in [0.25, 0.3) is 0 Å². The summed E-state index contributed by atoms with van der Waals surface area (Å²) in [4.78, 5) is 25.5. The summed E-state index contributed by atoms with van der Waals surface area (Å²) in [5.41, 5.74) is 0.764. The van der Waals surface area contributed by atoms with Crippen LogP contribution in [-0.4, -0.2) is 49.5 Å². The van der Waals surface area contributed by atoms with Crippen molar-refractivity contribution >= 4 is 17.5 Å². The van der Waals surface area contributed by atoms with Crippen molar-refractivity contribution in [2.24, 2.45) is 0 Å². The molecule has 6 nitrogen and oxygen atoms in total. The highest BCUT2D eigenvalue weighted by Crippen LogP contribution is 2.15. The standard InChI is InChI=1S/C18H27N3O3/c1-14(19-10-4-12-21-11-3-5-18(21)23)13-17(22)20-15-6-8-16(24-2)9-7-15/h6-9,14,19H,3-5,10-13H2,1-2H3,(H,20,22)/t14-/m0/s1. The Bertz CT molecular complexity index is 545. The average Bonchev–Trinajstić information content (AvgIpc) is 2.97. The summed E-state index contributed by atoms with van der Waals surface area (Å²) < 4.78 is 5.09. The number of hydrogen-bond acceptors (Lipinski definition) is 4. The summed E-state index contributed by atoms with van der Waals surface area (Å²) in [6, 6.07) is 7.37. The number of nitrogens with one attached hydrogen (secondary N) is 2. The molecular weight excluding hydrogens is 306 g/mol. The third-order valence-electron chi connectivity index (χ3n) is 4.13. The number of carbonyl (C=O) groups is 2. The highest BCUT2D eigenvalue weighted by molar-refractivity contribution is 5.91. The quantitative estimate of drug-likeness (QED) is 0.678. The van der Waals surface area contributed by atoms with Crippen molar-refractivity contribution in [3.8, 4) is 5.75 Å². The number of ether oxygens (including phenoxy) is 1. The van der Waals surface area contributed by atoms with Crippen LogP contribution in [0.5, 0.6) is 5.75 Å². The molecule has 0 aromatic heterocycles. The van der Waals surface area contributed by atoms with Crippen LogP contribution in [0.1, 0.15) is 32.6 Å². The molecule has 1 aliphatic heterocycles. The lowest BCUT2D eigenvalue weighted by Gasteiger charge is -2.17. The zero-order chi connectivity index (χ0) is 17.4. The number of rotatable bonds is 9. The van der Waals surface area contributed by atoms with Crippen molar-refractivity contribution in [2.45, 2.75) is 38.6 Å². The lowest BCUT2D eigenvalue weighted by Crippen LogP contribution is -2.33. The van der Waals surface area contributed by atoms with Crippen LogP contribution in [0.4, 0.5) is 5.69 Å². The van der Waals surface area contributed by atoms with Crippen molar-refractivity contribution in [3.05, 3.63) is 24.3 Å². The number of nitrogens with zero attached hydrogens (tertiary/aromatic N) is 1. The molecule has 1 fully saturated rings. The summed E-state index contributed by atoms with van der Waals surface area (Å²) in [5, 5.41) is 6.22. The van der Waals surface area contributed by atoms with Gasteiger partial charge >= 0.3 is 0 Å². The van der Waals surface area contributed by atoms with E-state index in [2.05, 4.69) is 10.6 Å². The van der Waals surface area contributed by atoms with Crippen molar-refractivity contribution in [1.29, 1.82) is 0 Å². The molecular formula is C18H27N3O3. The van der Waals surface area contributed by atoms with Gasteiger partial charge in [0, 0.05) is 37.7 Å². The van der Waals surface area contributed by atoms with Crippen molar-refractivity contribution < 1.29 is 14.3 Å². The Kier molecular flexibility index (Phi) is 7.06. The minimum Gasteiger partial charge on any atom is -0.497 e. The van der Waals surface area contributed by atoms with Crippen molar-refractivity contribution in [1.82, 2.24) is 10.2 Å². The zero-order valence-electron chi connectivity index (χ0n) is 14.5. The predicted molar refractivity (Wildman–Crippen MR) is 94.1 cm³/mol. The Morgan fingerprint density at radius 2 is 2.08 bits per heavy atom. The second-order valence-corrected chi connectivity index (χ2v) is 6.17. The van der Waals surface area contributed by atoms with Gasteiger partial charge in [0.15, 0.2) is 0 Å². The van der Waals surface area contributed by atoms with E-state index in [-0.39, 0.29) is 17.9 Å². The van der Waals surface area contributed by atoms with Gasteiger partial charge in [-0.05, 0) is 50.6 Å². The molecule has 2 amide bonds. The van der Waals surface area contributed by atoms with Crippen molar-refractivity contribution in [2.75, 3.05) is 32.1 Å². The SMILES string of the molecule is COc1ccc(NC(=O)C[C@H](C)NCCCN2CCCC2=O)cc1. The van der Waals surface area contributed by atoms with Crippen LogP contribution in [0.2, 0.25) is 0 Å². The van der Waals surface area contributed by atoms with Crippen molar-refractivity contribution in [3.63, 3.8) is 0 Å². The zero-order valence-corrected chi connectivity index (χ0v) is 14.5. The fourth-order valence-electron chi connectivity index (χ4n) is 2.80. The molecule has 0 bridgehead atoms. The Morgan fingerprint density at radius 1 is 1.33 bits per heavy atom. The Morgan fingerprint density at radius 3 is 2.71 bits per heavy atom. The second-order valence-electron chi connectivity index (χ2n) is 6.17. The van der Waals surface area contributed by atoms with E-state index < -0.39 is 0 Å². The van der Waals surface area contributed by atoms with E-state index in [1.54, 1.807) is 7.11 Å². The summed E-state index contributed by atoms with van der Waals surface area (Å²) in [6.45, 7) is 4.49. The Labute approximate surface area is 143 Å². The summed E-state index contributed by atoms with van der Waals surface area (Å²) in [6.07, 6.45) is 2.99. The molecule has 24 heavy (non-hydrogen) atoms. The second kappa shape index (κ2) is 9.27. The molecule has 1 atom stereocenters. The van der Waals surface area contributed by atoms with Gasteiger partial charge in [0.1, 0.15) is 5.75 Å². The number of likely N-dealkylation sites (tertiary alicyclic amines) is 1. The molecule has 1 aromatic carbocycles. The molecule has 6 heteroatoms. The van der Waals surface area contributed by atoms with Crippen LogP contribution in [0, 0.1) is 0 Å².